The van der Waals surface area contributed by atoms with Gasteiger partial charge < -0.3 is 9.47 Å². The van der Waals surface area contributed by atoms with Gasteiger partial charge in [0.15, 0.2) is 11.5 Å². The van der Waals surface area contributed by atoms with Gasteiger partial charge in [0.1, 0.15) is 0 Å². The number of hydrogen-bond acceptors (Lipinski definition) is 6. The summed E-state index contributed by atoms with van der Waals surface area (Å²) < 4.78 is 34.5. The van der Waals surface area contributed by atoms with Crippen LogP contribution in [0.2, 0.25) is 0 Å². The second kappa shape index (κ2) is 7.96. The fourth-order valence-electron chi connectivity index (χ4n) is 3.27. The number of alkyl halides is 2. The van der Waals surface area contributed by atoms with E-state index in [1.54, 1.807) is 11.3 Å². The Morgan fingerprint density at radius 2 is 2.23 bits per heavy atom. The first kappa shape index (κ1) is 18.5. The molecular weight excluding hydrogens is 366 g/mol. The van der Waals surface area contributed by atoms with E-state index in [1.165, 1.54) is 18.1 Å². The number of likely N-dealkylation sites (tertiary alicyclic amines) is 1. The summed E-state index contributed by atoms with van der Waals surface area (Å²) in [6.45, 7) is -1.93. The van der Waals surface area contributed by atoms with Gasteiger partial charge in [0.25, 0.3) is 5.69 Å². The predicted octanol–water partition coefficient (Wildman–Crippen LogP) is 4.60. The lowest BCUT2D eigenvalue weighted by molar-refractivity contribution is -0.385. The van der Waals surface area contributed by atoms with E-state index in [4.69, 9.17) is 4.74 Å². The number of nitrogens with zero attached hydrogens (tertiary/aromatic N) is 2. The van der Waals surface area contributed by atoms with Gasteiger partial charge in [-0.25, -0.2) is 0 Å². The molecule has 6 nitrogen and oxygen atoms in total. The molecule has 26 heavy (non-hydrogen) atoms. The molecule has 1 saturated heterocycles. The molecule has 2 aromatic rings. The SMILES string of the molecule is COc1cc(CN2CCCC2c2cccs2)c([N+](=O)[O-])cc1OC(F)F. The average Bonchev–Trinajstić information content (AvgIpc) is 3.26. The van der Waals surface area contributed by atoms with E-state index in [-0.39, 0.29) is 23.2 Å². The van der Waals surface area contributed by atoms with Crippen molar-refractivity contribution in [3.05, 3.63) is 50.2 Å². The van der Waals surface area contributed by atoms with E-state index in [0.29, 0.717) is 12.1 Å². The van der Waals surface area contributed by atoms with Crippen molar-refractivity contribution < 1.29 is 23.2 Å². The Labute approximate surface area is 153 Å². The predicted molar refractivity (Wildman–Crippen MR) is 93.0 cm³/mol. The van der Waals surface area contributed by atoms with Gasteiger partial charge in [-0.3, -0.25) is 15.0 Å². The van der Waals surface area contributed by atoms with Crippen LogP contribution in [-0.2, 0) is 6.54 Å². The number of rotatable bonds is 7. The third-order valence-electron chi connectivity index (χ3n) is 4.39. The third kappa shape index (κ3) is 3.94. The summed E-state index contributed by atoms with van der Waals surface area (Å²) >= 11 is 1.66. The highest BCUT2D eigenvalue weighted by Gasteiger charge is 2.30. The molecule has 1 atom stereocenters. The Morgan fingerprint density at radius 3 is 2.85 bits per heavy atom. The minimum atomic E-state index is -3.09. The molecule has 0 amide bonds. The smallest absolute Gasteiger partial charge is 0.387 e. The molecule has 9 heteroatoms. The maximum absolute atomic E-state index is 12.6. The van der Waals surface area contributed by atoms with Gasteiger partial charge >= 0.3 is 6.61 Å². The molecule has 1 unspecified atom stereocenters. The van der Waals surface area contributed by atoms with Gasteiger partial charge in [-0.1, -0.05) is 6.07 Å². The second-order valence-electron chi connectivity index (χ2n) is 5.91. The Balaban J connectivity index is 1.92. The van der Waals surface area contributed by atoms with Crippen molar-refractivity contribution in [3.63, 3.8) is 0 Å². The summed E-state index contributed by atoms with van der Waals surface area (Å²) in [6.07, 6.45) is 1.98. The van der Waals surface area contributed by atoms with Gasteiger partial charge in [0, 0.05) is 23.0 Å². The maximum Gasteiger partial charge on any atom is 0.387 e. The first-order valence-electron chi connectivity index (χ1n) is 8.07. The lowest BCUT2D eigenvalue weighted by atomic mass is 10.1. The molecule has 0 aliphatic carbocycles. The van der Waals surface area contributed by atoms with Crippen molar-refractivity contribution in [1.82, 2.24) is 4.90 Å². The van der Waals surface area contributed by atoms with Crippen molar-refractivity contribution in [2.45, 2.75) is 32.0 Å². The molecule has 1 fully saturated rings. The van der Waals surface area contributed by atoms with Crippen LogP contribution in [0.1, 0.15) is 29.3 Å². The molecule has 0 radical (unpaired) electrons. The zero-order valence-corrected chi connectivity index (χ0v) is 14.9. The average molecular weight is 384 g/mol. The van der Waals surface area contributed by atoms with E-state index in [2.05, 4.69) is 15.7 Å². The normalized spacial score (nSPS) is 17.6. The molecule has 1 aliphatic heterocycles. The number of thiophene rings is 1. The van der Waals surface area contributed by atoms with Crippen LogP contribution in [0.5, 0.6) is 11.5 Å². The molecule has 0 saturated carbocycles. The van der Waals surface area contributed by atoms with Crippen molar-refractivity contribution in [3.8, 4) is 11.5 Å². The number of ether oxygens (including phenoxy) is 2. The Morgan fingerprint density at radius 1 is 1.42 bits per heavy atom. The summed E-state index contributed by atoms with van der Waals surface area (Å²) in [7, 11) is 1.31. The first-order chi connectivity index (χ1) is 12.5. The number of hydrogen-bond donors (Lipinski definition) is 0. The molecule has 1 aliphatic rings. The molecule has 2 heterocycles. The Bertz CT molecular complexity index is 770. The van der Waals surface area contributed by atoms with E-state index in [1.807, 2.05) is 11.4 Å². The number of benzene rings is 1. The third-order valence-corrected chi connectivity index (χ3v) is 5.36. The van der Waals surface area contributed by atoms with Crippen molar-refractivity contribution in [1.29, 1.82) is 0 Å². The van der Waals surface area contributed by atoms with Crippen LogP contribution in [0.25, 0.3) is 0 Å². The van der Waals surface area contributed by atoms with Crippen LogP contribution in [0.4, 0.5) is 14.5 Å². The lowest BCUT2D eigenvalue weighted by Gasteiger charge is -2.24. The van der Waals surface area contributed by atoms with E-state index < -0.39 is 11.5 Å². The molecule has 3 rings (SSSR count). The summed E-state index contributed by atoms with van der Waals surface area (Å²) in [5, 5.41) is 13.5. The highest BCUT2D eigenvalue weighted by molar-refractivity contribution is 7.10. The highest BCUT2D eigenvalue weighted by atomic mass is 32.1. The van der Waals surface area contributed by atoms with E-state index >= 15 is 0 Å². The number of methoxy groups -OCH3 is 1. The summed E-state index contributed by atoms with van der Waals surface area (Å²) in [4.78, 5) is 14.3. The van der Waals surface area contributed by atoms with Gasteiger partial charge in [-0.2, -0.15) is 8.78 Å². The van der Waals surface area contributed by atoms with Gasteiger partial charge in [-0.05, 0) is 36.9 Å². The topological polar surface area (TPSA) is 64.8 Å². The van der Waals surface area contributed by atoms with Crippen molar-refractivity contribution >= 4 is 17.0 Å². The van der Waals surface area contributed by atoms with Crippen LogP contribution >= 0.6 is 11.3 Å². The molecule has 1 aromatic carbocycles. The quantitative estimate of drug-likeness (QED) is 0.515. The lowest BCUT2D eigenvalue weighted by Crippen LogP contribution is -2.22. The van der Waals surface area contributed by atoms with Crippen LogP contribution in [-0.4, -0.2) is 30.1 Å². The number of nitro benzene ring substituents is 1. The minimum absolute atomic E-state index is 0.0535. The van der Waals surface area contributed by atoms with Crippen LogP contribution in [0.3, 0.4) is 0 Å². The molecule has 0 N–H and O–H groups in total. The van der Waals surface area contributed by atoms with Gasteiger partial charge in [0.05, 0.1) is 18.1 Å². The minimum Gasteiger partial charge on any atom is -0.493 e. The highest BCUT2D eigenvalue weighted by Crippen LogP contribution is 2.40. The zero-order valence-electron chi connectivity index (χ0n) is 14.1. The van der Waals surface area contributed by atoms with Gasteiger partial charge in [-0.15, -0.1) is 11.3 Å². The maximum atomic E-state index is 12.6. The zero-order chi connectivity index (χ0) is 18.7. The van der Waals surface area contributed by atoms with Crippen LogP contribution < -0.4 is 9.47 Å². The summed E-state index contributed by atoms with van der Waals surface area (Å²) in [6, 6.07) is 6.68. The molecule has 140 valence electrons. The summed E-state index contributed by atoms with van der Waals surface area (Å²) in [5.74, 6) is -0.285. The fourth-order valence-corrected chi connectivity index (χ4v) is 4.17. The molecule has 0 bridgehead atoms. The first-order valence-corrected chi connectivity index (χ1v) is 8.95. The molecule has 1 aromatic heterocycles. The number of nitro groups is 1. The summed E-state index contributed by atoms with van der Waals surface area (Å²) in [5.41, 5.74) is 0.162. The van der Waals surface area contributed by atoms with E-state index in [9.17, 15) is 18.9 Å². The second-order valence-corrected chi connectivity index (χ2v) is 6.89. The molecule has 0 spiro atoms. The van der Waals surface area contributed by atoms with E-state index in [0.717, 1.165) is 25.5 Å². The largest absolute Gasteiger partial charge is 0.493 e. The Kier molecular flexibility index (Phi) is 5.67. The molecular formula is C17H18F2N2O4S. The van der Waals surface area contributed by atoms with Crippen molar-refractivity contribution in [2.24, 2.45) is 0 Å². The fraction of sp³-hybridized carbons (Fsp3) is 0.412. The Hall–Kier alpha value is -2.26. The standard InChI is InChI=1S/C17H18F2N2O4S/c1-24-14-8-11(13(21(22)23)9-15(14)25-17(18)19)10-20-6-2-4-12(20)16-5-3-7-26-16/h3,5,7-9,12,17H,2,4,6,10H2,1H3. The van der Waals surface area contributed by atoms with Gasteiger partial charge in [0.2, 0.25) is 0 Å². The number of halogens is 2. The monoisotopic (exact) mass is 384 g/mol. The van der Waals surface area contributed by atoms with Crippen LogP contribution in [0, 0.1) is 10.1 Å². The van der Waals surface area contributed by atoms with Crippen molar-refractivity contribution in [2.75, 3.05) is 13.7 Å². The van der Waals surface area contributed by atoms with Crippen LogP contribution in [0.15, 0.2) is 29.6 Å².